The lowest BCUT2D eigenvalue weighted by Gasteiger charge is -2.44. The van der Waals surface area contributed by atoms with Gasteiger partial charge in [-0.2, -0.15) is 0 Å². The molecule has 28 heavy (non-hydrogen) atoms. The van der Waals surface area contributed by atoms with E-state index in [9.17, 15) is 28.7 Å². The molecule has 4 aliphatic rings. The molecule has 1 aromatic carbocycles. The summed E-state index contributed by atoms with van der Waals surface area (Å²) in [6, 6.07) is 3.92. The Morgan fingerprint density at radius 2 is 1.57 bits per heavy atom. The molecule has 144 valence electrons. The van der Waals surface area contributed by atoms with Crippen LogP contribution >= 0.6 is 0 Å². The maximum absolute atomic E-state index is 14.1. The van der Waals surface area contributed by atoms with Crippen LogP contribution < -0.4 is 10.6 Å². The van der Waals surface area contributed by atoms with Crippen LogP contribution in [0, 0.1) is 35.4 Å². The number of carbonyl (C=O) groups is 4. The summed E-state index contributed by atoms with van der Waals surface area (Å²) in [5.74, 6) is -6.16. The summed E-state index contributed by atoms with van der Waals surface area (Å²) in [6.45, 7) is 0. The highest BCUT2D eigenvalue weighted by molar-refractivity contribution is 6.07. The second-order valence-electron chi connectivity index (χ2n) is 7.94. The lowest BCUT2D eigenvalue weighted by molar-refractivity contribution is -0.128. The Hall–Kier alpha value is -3.03. The summed E-state index contributed by atoms with van der Waals surface area (Å²) in [4.78, 5) is 49.5. The topological polar surface area (TPSA) is 113 Å². The Kier molecular flexibility index (Phi) is 3.50. The Morgan fingerprint density at radius 1 is 0.893 bits per heavy atom. The number of nitrogens with one attached hydrogen (secondary N) is 2. The maximum Gasteiger partial charge on any atom is 0.231 e. The number of imide groups is 2. The van der Waals surface area contributed by atoms with Crippen molar-refractivity contribution in [2.24, 2.45) is 29.6 Å². The molecule has 7 nitrogen and oxygen atoms in total. The second kappa shape index (κ2) is 5.73. The van der Waals surface area contributed by atoms with Gasteiger partial charge in [-0.25, -0.2) is 4.39 Å². The first kappa shape index (κ1) is 17.1. The van der Waals surface area contributed by atoms with E-state index >= 15 is 0 Å². The first-order valence-electron chi connectivity index (χ1n) is 9.24. The van der Waals surface area contributed by atoms with Gasteiger partial charge in [0.15, 0.2) is 11.6 Å². The Labute approximate surface area is 159 Å². The minimum atomic E-state index is -0.816. The monoisotopic (exact) mass is 384 g/mol. The van der Waals surface area contributed by atoms with Crippen LogP contribution in [0.4, 0.5) is 4.39 Å². The fourth-order valence-corrected chi connectivity index (χ4v) is 5.50. The van der Waals surface area contributed by atoms with Gasteiger partial charge >= 0.3 is 0 Å². The third-order valence-corrected chi connectivity index (χ3v) is 6.66. The molecule has 0 bridgehead atoms. The summed E-state index contributed by atoms with van der Waals surface area (Å²) < 4.78 is 14.1. The molecule has 3 fully saturated rings. The molecule has 6 atom stereocenters. The lowest BCUT2D eigenvalue weighted by atomic mass is 9.57. The number of fused-ring (bicyclic) bond motifs is 4. The number of carbonyl (C=O) groups excluding carboxylic acids is 4. The molecular weight excluding hydrogens is 367 g/mol. The zero-order valence-corrected chi connectivity index (χ0v) is 14.6. The standard InChI is InChI=1S/C20H17FN2O5/c21-12-5-7(1-4-13(12)24)14-8-2-3-9-15(19(27)22-17(9)25)10(8)6-11-16(14)20(28)23-18(11)26/h1-2,4-5,9-11,14-16,24H,3,6H2,(H,22,25,27)(H,23,26,28)/t9-,10+,11+,14-,15-,16+/m0/s1. The van der Waals surface area contributed by atoms with Crippen molar-refractivity contribution in [3.8, 4) is 5.75 Å². The van der Waals surface area contributed by atoms with E-state index in [1.54, 1.807) is 0 Å². The van der Waals surface area contributed by atoms with Crippen LogP contribution in [-0.2, 0) is 19.2 Å². The highest BCUT2D eigenvalue weighted by Crippen LogP contribution is 2.56. The molecule has 2 aliphatic carbocycles. The zero-order chi connectivity index (χ0) is 19.7. The summed E-state index contributed by atoms with van der Waals surface area (Å²) in [6.07, 6.45) is 2.52. The number of phenolic OH excluding ortho intramolecular Hbond substituents is 1. The first-order valence-corrected chi connectivity index (χ1v) is 9.24. The molecule has 4 amide bonds. The van der Waals surface area contributed by atoms with Gasteiger partial charge in [-0.15, -0.1) is 0 Å². The van der Waals surface area contributed by atoms with Crippen molar-refractivity contribution in [1.82, 2.24) is 10.6 Å². The van der Waals surface area contributed by atoms with E-state index in [4.69, 9.17) is 0 Å². The molecule has 0 unspecified atom stereocenters. The van der Waals surface area contributed by atoms with E-state index in [1.165, 1.54) is 18.2 Å². The molecule has 3 N–H and O–H groups in total. The van der Waals surface area contributed by atoms with Gasteiger partial charge in [0, 0.05) is 5.92 Å². The molecule has 2 aliphatic heterocycles. The maximum atomic E-state index is 14.1. The van der Waals surface area contributed by atoms with Crippen LogP contribution in [0.1, 0.15) is 24.3 Å². The second-order valence-corrected chi connectivity index (χ2v) is 7.94. The molecule has 2 saturated heterocycles. The van der Waals surface area contributed by atoms with Gasteiger partial charge in [-0.05, 0) is 36.5 Å². The van der Waals surface area contributed by atoms with E-state index in [0.29, 0.717) is 18.4 Å². The van der Waals surface area contributed by atoms with Crippen LogP contribution in [0.15, 0.2) is 29.8 Å². The number of hydrogen-bond acceptors (Lipinski definition) is 5. The number of hydrogen-bond donors (Lipinski definition) is 3. The van der Waals surface area contributed by atoms with E-state index in [-0.39, 0.29) is 17.7 Å². The number of amides is 4. The predicted molar refractivity (Wildman–Crippen MR) is 91.9 cm³/mol. The van der Waals surface area contributed by atoms with Crippen LogP contribution in [0.25, 0.3) is 0 Å². The highest BCUT2D eigenvalue weighted by atomic mass is 19.1. The van der Waals surface area contributed by atoms with Crippen molar-refractivity contribution < 1.29 is 28.7 Å². The van der Waals surface area contributed by atoms with E-state index < -0.39 is 53.0 Å². The average molecular weight is 384 g/mol. The minimum absolute atomic E-state index is 0.299. The fraction of sp³-hybridized carbons (Fsp3) is 0.400. The number of rotatable bonds is 1. The van der Waals surface area contributed by atoms with Crippen LogP contribution in [0.3, 0.4) is 0 Å². The number of phenols is 1. The molecule has 0 aromatic heterocycles. The molecule has 2 heterocycles. The third kappa shape index (κ3) is 2.20. The number of aromatic hydroxyl groups is 1. The molecule has 0 spiro atoms. The molecular formula is C20H17FN2O5. The fourth-order valence-electron chi connectivity index (χ4n) is 5.50. The molecule has 5 rings (SSSR count). The van der Waals surface area contributed by atoms with Crippen LogP contribution in [0.2, 0.25) is 0 Å². The largest absolute Gasteiger partial charge is 0.505 e. The van der Waals surface area contributed by atoms with Crippen molar-refractivity contribution in [1.29, 1.82) is 0 Å². The summed E-state index contributed by atoms with van der Waals surface area (Å²) in [5.41, 5.74) is 1.26. The number of benzene rings is 1. The summed E-state index contributed by atoms with van der Waals surface area (Å²) in [7, 11) is 0. The Balaban J connectivity index is 1.66. The zero-order valence-electron chi connectivity index (χ0n) is 14.6. The van der Waals surface area contributed by atoms with Crippen molar-refractivity contribution >= 4 is 23.6 Å². The smallest absolute Gasteiger partial charge is 0.231 e. The van der Waals surface area contributed by atoms with Gasteiger partial charge in [-0.1, -0.05) is 17.7 Å². The van der Waals surface area contributed by atoms with E-state index in [1.807, 2.05) is 6.08 Å². The van der Waals surface area contributed by atoms with Crippen LogP contribution in [0.5, 0.6) is 5.75 Å². The van der Waals surface area contributed by atoms with Gasteiger partial charge in [0.05, 0.1) is 23.7 Å². The van der Waals surface area contributed by atoms with Crippen molar-refractivity contribution in [3.05, 3.63) is 41.2 Å². The average Bonchev–Trinajstić information content (AvgIpc) is 3.11. The normalized spacial score (nSPS) is 36.2. The van der Waals surface area contributed by atoms with Gasteiger partial charge in [0.1, 0.15) is 0 Å². The van der Waals surface area contributed by atoms with E-state index in [2.05, 4.69) is 10.6 Å². The molecule has 0 radical (unpaired) electrons. The van der Waals surface area contributed by atoms with Gasteiger partial charge in [-0.3, -0.25) is 29.8 Å². The van der Waals surface area contributed by atoms with Gasteiger partial charge < -0.3 is 5.11 Å². The third-order valence-electron chi connectivity index (χ3n) is 6.66. The Morgan fingerprint density at radius 3 is 2.29 bits per heavy atom. The molecule has 1 saturated carbocycles. The first-order chi connectivity index (χ1) is 13.4. The number of allylic oxidation sites excluding steroid dienone is 2. The Bertz CT molecular complexity index is 987. The minimum Gasteiger partial charge on any atom is -0.505 e. The highest BCUT2D eigenvalue weighted by Gasteiger charge is 2.58. The van der Waals surface area contributed by atoms with E-state index in [0.717, 1.165) is 5.57 Å². The van der Waals surface area contributed by atoms with Crippen molar-refractivity contribution in [2.45, 2.75) is 18.8 Å². The molecule has 1 aromatic rings. The van der Waals surface area contributed by atoms with Gasteiger partial charge in [0.2, 0.25) is 23.6 Å². The summed E-state index contributed by atoms with van der Waals surface area (Å²) >= 11 is 0. The SMILES string of the molecule is O=C1NC(=O)[C@H]2CC=C3[C@@H](C[C@H]4C(=O)NC(=O)[C@H]4[C@H]3c3ccc(O)c(F)c3)[C@@H]12. The van der Waals surface area contributed by atoms with Crippen LogP contribution in [-0.4, -0.2) is 28.7 Å². The molecule has 8 heteroatoms. The van der Waals surface area contributed by atoms with Crippen molar-refractivity contribution in [2.75, 3.05) is 0 Å². The lowest BCUT2D eigenvalue weighted by Crippen LogP contribution is -2.42. The quantitative estimate of drug-likeness (QED) is 0.488. The predicted octanol–water partition coefficient (Wildman–Crippen LogP) is 0.742. The summed E-state index contributed by atoms with van der Waals surface area (Å²) in [5, 5.41) is 14.3. The number of halogens is 1. The van der Waals surface area contributed by atoms with Gasteiger partial charge in [0.25, 0.3) is 0 Å². The van der Waals surface area contributed by atoms with Crippen molar-refractivity contribution in [3.63, 3.8) is 0 Å².